The van der Waals surface area contributed by atoms with Gasteiger partial charge in [-0.2, -0.15) is 0 Å². The van der Waals surface area contributed by atoms with Gasteiger partial charge in [0.05, 0.1) is 10.5 Å². The molecule has 1 unspecified atom stereocenters. The predicted molar refractivity (Wildman–Crippen MR) is 82.2 cm³/mol. The molecular weight excluding hydrogens is 289 g/mol. The van der Waals surface area contributed by atoms with Crippen LogP contribution in [0.1, 0.15) is 35.9 Å². The molecule has 21 heavy (non-hydrogen) atoms. The van der Waals surface area contributed by atoms with Crippen LogP contribution in [-0.2, 0) is 0 Å². The van der Waals surface area contributed by atoms with Crippen LogP contribution >= 0.6 is 11.3 Å². The van der Waals surface area contributed by atoms with Crippen LogP contribution in [0.15, 0.2) is 24.3 Å². The van der Waals surface area contributed by atoms with E-state index in [0.29, 0.717) is 36.2 Å². The molecule has 0 aliphatic carbocycles. The first-order valence-corrected chi connectivity index (χ1v) is 7.98. The number of amides is 1. The van der Waals surface area contributed by atoms with Crippen LogP contribution < -0.4 is 0 Å². The molecule has 1 aliphatic rings. The average molecular weight is 307 g/mol. The highest BCUT2D eigenvalue weighted by Gasteiger charge is 2.28. The molecular formula is C16H18FNO2S. The van der Waals surface area contributed by atoms with Gasteiger partial charge in [-0.3, -0.25) is 4.79 Å². The molecule has 0 spiro atoms. The SMILES string of the molecule is CC1(O)CCCN(C(=O)c2cc3c(F)cccc3s2)CC1. The third-order valence-corrected chi connectivity index (χ3v) is 5.16. The Kier molecular flexibility index (Phi) is 3.71. The molecule has 1 saturated heterocycles. The number of thiophene rings is 1. The fourth-order valence-corrected chi connectivity index (χ4v) is 3.80. The lowest BCUT2D eigenvalue weighted by Crippen LogP contribution is -2.33. The van der Waals surface area contributed by atoms with Crippen LogP contribution in [0.25, 0.3) is 10.1 Å². The molecule has 1 aromatic carbocycles. The lowest BCUT2D eigenvalue weighted by atomic mass is 9.98. The first-order valence-electron chi connectivity index (χ1n) is 7.16. The number of likely N-dealkylation sites (tertiary alicyclic amines) is 1. The molecule has 1 aliphatic heterocycles. The number of carbonyl (C=O) groups is 1. The summed E-state index contributed by atoms with van der Waals surface area (Å²) in [5, 5.41) is 10.6. The average Bonchev–Trinajstić information content (AvgIpc) is 2.79. The number of halogens is 1. The topological polar surface area (TPSA) is 40.5 Å². The van der Waals surface area contributed by atoms with Gasteiger partial charge >= 0.3 is 0 Å². The Morgan fingerprint density at radius 1 is 1.38 bits per heavy atom. The number of carbonyl (C=O) groups excluding carboxylic acids is 1. The van der Waals surface area contributed by atoms with Crippen molar-refractivity contribution >= 4 is 27.3 Å². The Morgan fingerprint density at radius 2 is 2.19 bits per heavy atom. The summed E-state index contributed by atoms with van der Waals surface area (Å²) in [6.07, 6.45) is 2.08. The van der Waals surface area contributed by atoms with Gasteiger partial charge in [-0.1, -0.05) is 6.07 Å². The van der Waals surface area contributed by atoms with Gasteiger partial charge in [-0.25, -0.2) is 4.39 Å². The van der Waals surface area contributed by atoms with E-state index in [2.05, 4.69) is 0 Å². The quantitative estimate of drug-likeness (QED) is 0.877. The minimum absolute atomic E-state index is 0.0618. The summed E-state index contributed by atoms with van der Waals surface area (Å²) in [4.78, 5) is 14.9. The summed E-state index contributed by atoms with van der Waals surface area (Å²) in [7, 11) is 0. The molecule has 1 atom stereocenters. The minimum Gasteiger partial charge on any atom is -0.390 e. The maximum atomic E-state index is 13.7. The summed E-state index contributed by atoms with van der Waals surface area (Å²) >= 11 is 1.33. The second kappa shape index (κ2) is 5.39. The Bertz CT molecular complexity index is 680. The molecule has 1 amide bonds. The standard InChI is InChI=1S/C16H18FNO2S/c1-16(20)6-3-8-18(9-7-16)15(19)14-10-11-12(17)4-2-5-13(11)21-14/h2,4-5,10,20H,3,6-9H2,1H3. The number of rotatable bonds is 1. The maximum absolute atomic E-state index is 13.7. The molecule has 112 valence electrons. The van der Waals surface area contributed by atoms with Gasteiger partial charge < -0.3 is 10.0 Å². The molecule has 1 N–H and O–H groups in total. The molecule has 1 fully saturated rings. The Hall–Kier alpha value is -1.46. The van der Waals surface area contributed by atoms with Crippen molar-refractivity contribution in [2.24, 2.45) is 0 Å². The highest BCUT2D eigenvalue weighted by atomic mass is 32.1. The van der Waals surface area contributed by atoms with E-state index >= 15 is 0 Å². The molecule has 5 heteroatoms. The number of fused-ring (bicyclic) bond motifs is 1. The highest BCUT2D eigenvalue weighted by Crippen LogP contribution is 2.29. The van der Waals surface area contributed by atoms with Crippen molar-refractivity contribution in [3.63, 3.8) is 0 Å². The summed E-state index contributed by atoms with van der Waals surface area (Å²) in [5.74, 6) is -0.352. The van der Waals surface area contributed by atoms with Crippen LogP contribution in [0.4, 0.5) is 4.39 Å². The number of nitrogens with zero attached hydrogens (tertiary/aromatic N) is 1. The molecule has 1 aromatic heterocycles. The van der Waals surface area contributed by atoms with Crippen LogP contribution in [0, 0.1) is 5.82 Å². The van der Waals surface area contributed by atoms with E-state index < -0.39 is 5.60 Å². The number of aliphatic hydroxyl groups is 1. The fourth-order valence-electron chi connectivity index (χ4n) is 2.75. The third-order valence-electron chi connectivity index (χ3n) is 4.07. The van der Waals surface area contributed by atoms with E-state index in [0.717, 1.165) is 11.1 Å². The first kappa shape index (κ1) is 14.5. The maximum Gasteiger partial charge on any atom is 0.263 e. The lowest BCUT2D eigenvalue weighted by molar-refractivity contribution is 0.0438. The van der Waals surface area contributed by atoms with Crippen molar-refractivity contribution in [2.75, 3.05) is 13.1 Å². The highest BCUT2D eigenvalue weighted by molar-refractivity contribution is 7.20. The van der Waals surface area contributed by atoms with E-state index in [9.17, 15) is 14.3 Å². The van der Waals surface area contributed by atoms with Crippen molar-refractivity contribution in [1.82, 2.24) is 4.90 Å². The monoisotopic (exact) mass is 307 g/mol. The van der Waals surface area contributed by atoms with E-state index in [4.69, 9.17) is 0 Å². The van der Waals surface area contributed by atoms with E-state index in [1.54, 1.807) is 17.0 Å². The Morgan fingerprint density at radius 3 is 2.95 bits per heavy atom. The summed E-state index contributed by atoms with van der Waals surface area (Å²) in [6.45, 7) is 3.00. The largest absolute Gasteiger partial charge is 0.390 e. The van der Waals surface area contributed by atoms with Crippen molar-refractivity contribution in [3.8, 4) is 0 Å². The van der Waals surface area contributed by atoms with Gasteiger partial charge in [-0.15, -0.1) is 11.3 Å². The van der Waals surface area contributed by atoms with Crippen LogP contribution in [0.2, 0.25) is 0 Å². The van der Waals surface area contributed by atoms with Gasteiger partial charge in [0.15, 0.2) is 0 Å². The van der Waals surface area contributed by atoms with Crippen molar-refractivity contribution in [3.05, 3.63) is 35.0 Å². The molecule has 0 bridgehead atoms. The summed E-state index contributed by atoms with van der Waals surface area (Å²) in [5.41, 5.74) is -0.693. The van der Waals surface area contributed by atoms with E-state index in [1.165, 1.54) is 17.4 Å². The zero-order valence-electron chi connectivity index (χ0n) is 11.9. The molecule has 0 saturated carbocycles. The van der Waals surface area contributed by atoms with Crippen LogP contribution in [0.3, 0.4) is 0 Å². The van der Waals surface area contributed by atoms with Crippen LogP contribution in [0.5, 0.6) is 0 Å². The molecule has 3 rings (SSSR count). The van der Waals surface area contributed by atoms with E-state index in [-0.39, 0.29) is 11.7 Å². The minimum atomic E-state index is -0.693. The fraction of sp³-hybridized carbons (Fsp3) is 0.438. The van der Waals surface area contributed by atoms with Crippen molar-refractivity contribution in [1.29, 1.82) is 0 Å². The van der Waals surface area contributed by atoms with Crippen LogP contribution in [-0.4, -0.2) is 34.6 Å². The number of hydrogen-bond acceptors (Lipinski definition) is 3. The second-order valence-electron chi connectivity index (χ2n) is 5.90. The van der Waals surface area contributed by atoms with Gasteiger partial charge in [0.1, 0.15) is 5.82 Å². The number of benzene rings is 1. The lowest BCUT2D eigenvalue weighted by Gasteiger charge is -2.22. The van der Waals surface area contributed by atoms with Crippen molar-refractivity contribution in [2.45, 2.75) is 31.8 Å². The Labute approximate surface area is 127 Å². The van der Waals surface area contributed by atoms with Gasteiger partial charge in [0.2, 0.25) is 0 Å². The predicted octanol–water partition coefficient (Wildman–Crippen LogP) is 3.42. The zero-order valence-corrected chi connectivity index (χ0v) is 12.8. The normalized spacial score (nSPS) is 23.3. The van der Waals surface area contributed by atoms with Gasteiger partial charge in [-0.05, 0) is 44.4 Å². The summed E-state index contributed by atoms with van der Waals surface area (Å²) in [6, 6.07) is 6.53. The Balaban J connectivity index is 1.85. The number of hydrogen-bond donors (Lipinski definition) is 1. The zero-order chi connectivity index (χ0) is 15.0. The first-order chi connectivity index (χ1) is 9.96. The summed E-state index contributed by atoms with van der Waals surface area (Å²) < 4.78 is 14.5. The molecule has 3 nitrogen and oxygen atoms in total. The van der Waals surface area contributed by atoms with E-state index in [1.807, 2.05) is 13.0 Å². The van der Waals surface area contributed by atoms with Crippen molar-refractivity contribution < 1.29 is 14.3 Å². The molecule has 2 aromatic rings. The van der Waals surface area contributed by atoms with Gasteiger partial charge in [0.25, 0.3) is 5.91 Å². The molecule has 0 radical (unpaired) electrons. The smallest absolute Gasteiger partial charge is 0.263 e. The molecule has 2 heterocycles. The second-order valence-corrected chi connectivity index (χ2v) is 6.99. The third kappa shape index (κ3) is 2.94. The van der Waals surface area contributed by atoms with Gasteiger partial charge in [0, 0.05) is 23.2 Å².